The van der Waals surface area contributed by atoms with Gasteiger partial charge in [-0.3, -0.25) is 4.79 Å². The predicted molar refractivity (Wildman–Crippen MR) is 83.4 cm³/mol. The van der Waals surface area contributed by atoms with Crippen molar-refractivity contribution in [1.29, 1.82) is 0 Å². The Morgan fingerprint density at radius 2 is 1.89 bits per heavy atom. The molecule has 0 unspecified atom stereocenters. The molecule has 100 valence electrons. The standard InChI is InChI=1S/C12H13FI2O3/c1-12(2,11(16)18-4)6-5-7(14)8(13)9(15)10(6)17-3/h5H,1-4H3. The van der Waals surface area contributed by atoms with Gasteiger partial charge in [0.25, 0.3) is 0 Å². The maximum absolute atomic E-state index is 13.8. The van der Waals surface area contributed by atoms with Crippen LogP contribution in [0.15, 0.2) is 6.07 Å². The Kier molecular flexibility index (Phi) is 5.22. The maximum Gasteiger partial charge on any atom is 0.315 e. The van der Waals surface area contributed by atoms with Crippen molar-refractivity contribution in [2.45, 2.75) is 19.3 Å². The molecule has 0 atom stereocenters. The third kappa shape index (κ3) is 2.73. The van der Waals surface area contributed by atoms with Crippen LogP contribution in [0.2, 0.25) is 0 Å². The fourth-order valence-electron chi connectivity index (χ4n) is 1.61. The lowest BCUT2D eigenvalue weighted by atomic mass is 9.84. The molecule has 0 N–H and O–H groups in total. The lowest BCUT2D eigenvalue weighted by Gasteiger charge is -2.25. The van der Waals surface area contributed by atoms with Gasteiger partial charge in [-0.15, -0.1) is 0 Å². The van der Waals surface area contributed by atoms with E-state index < -0.39 is 5.41 Å². The average molecular weight is 478 g/mol. The van der Waals surface area contributed by atoms with Crippen molar-refractivity contribution in [3.8, 4) is 5.75 Å². The summed E-state index contributed by atoms with van der Waals surface area (Å²) in [6, 6.07) is 1.62. The summed E-state index contributed by atoms with van der Waals surface area (Å²) in [5, 5.41) is 0. The van der Waals surface area contributed by atoms with Crippen LogP contribution in [0.1, 0.15) is 19.4 Å². The summed E-state index contributed by atoms with van der Waals surface area (Å²) in [5.74, 6) is -0.347. The Labute approximate surface area is 133 Å². The number of ether oxygens (including phenoxy) is 2. The van der Waals surface area contributed by atoms with E-state index in [2.05, 4.69) is 0 Å². The molecule has 3 nitrogen and oxygen atoms in total. The van der Waals surface area contributed by atoms with Crippen molar-refractivity contribution in [2.24, 2.45) is 0 Å². The summed E-state index contributed by atoms with van der Waals surface area (Å²) < 4.78 is 24.7. The number of halogens is 3. The molecule has 0 aromatic heterocycles. The Morgan fingerprint density at radius 3 is 2.33 bits per heavy atom. The SMILES string of the molecule is COC(=O)C(C)(C)c1cc(I)c(F)c(I)c1OC. The number of methoxy groups -OCH3 is 2. The number of rotatable bonds is 3. The molecule has 1 rings (SSSR count). The molecule has 0 spiro atoms. The first kappa shape index (κ1) is 15.9. The third-order valence-electron chi connectivity index (χ3n) is 2.69. The number of hydrogen-bond donors (Lipinski definition) is 0. The molecule has 0 radical (unpaired) electrons. The summed E-state index contributed by atoms with van der Waals surface area (Å²) in [4.78, 5) is 11.8. The summed E-state index contributed by atoms with van der Waals surface area (Å²) in [6.07, 6.45) is 0. The van der Waals surface area contributed by atoms with Crippen molar-refractivity contribution in [3.05, 3.63) is 24.6 Å². The van der Waals surface area contributed by atoms with Crippen molar-refractivity contribution in [1.82, 2.24) is 0 Å². The topological polar surface area (TPSA) is 35.5 Å². The molecule has 0 heterocycles. The molecular weight excluding hydrogens is 465 g/mol. The molecule has 0 amide bonds. The van der Waals surface area contributed by atoms with E-state index in [1.165, 1.54) is 14.2 Å². The zero-order valence-electron chi connectivity index (χ0n) is 10.4. The largest absolute Gasteiger partial charge is 0.495 e. The monoisotopic (exact) mass is 478 g/mol. The first-order valence-corrected chi connectivity index (χ1v) is 7.23. The zero-order chi connectivity index (χ0) is 14.1. The summed E-state index contributed by atoms with van der Waals surface area (Å²) in [5.41, 5.74) is -0.278. The number of esters is 1. The van der Waals surface area contributed by atoms with Gasteiger partial charge in [0.2, 0.25) is 0 Å². The lowest BCUT2D eigenvalue weighted by molar-refractivity contribution is -0.146. The van der Waals surface area contributed by atoms with Gasteiger partial charge in [0.1, 0.15) is 5.75 Å². The Morgan fingerprint density at radius 1 is 1.33 bits per heavy atom. The maximum atomic E-state index is 13.8. The molecule has 1 aromatic rings. The van der Waals surface area contributed by atoms with Gasteiger partial charge < -0.3 is 9.47 Å². The van der Waals surface area contributed by atoms with Gasteiger partial charge in [-0.2, -0.15) is 0 Å². The van der Waals surface area contributed by atoms with E-state index in [1.54, 1.807) is 19.9 Å². The van der Waals surface area contributed by atoms with Gasteiger partial charge in [-0.05, 0) is 65.1 Å². The number of benzene rings is 1. The van der Waals surface area contributed by atoms with Crippen LogP contribution in [0.5, 0.6) is 5.75 Å². The highest BCUT2D eigenvalue weighted by Crippen LogP contribution is 2.38. The van der Waals surface area contributed by atoms with E-state index in [-0.39, 0.29) is 11.8 Å². The van der Waals surface area contributed by atoms with Crippen molar-refractivity contribution >= 4 is 51.2 Å². The third-order valence-corrected chi connectivity index (χ3v) is 4.44. The Bertz CT molecular complexity index is 487. The molecule has 0 aliphatic heterocycles. The molecule has 0 fully saturated rings. The second kappa shape index (κ2) is 5.89. The molecule has 0 saturated heterocycles. The van der Waals surface area contributed by atoms with E-state index in [4.69, 9.17) is 9.47 Å². The van der Waals surface area contributed by atoms with Crippen LogP contribution in [0.4, 0.5) is 4.39 Å². The van der Waals surface area contributed by atoms with Crippen LogP contribution in [0, 0.1) is 13.0 Å². The van der Waals surface area contributed by atoms with Crippen LogP contribution in [-0.2, 0) is 14.9 Å². The van der Waals surface area contributed by atoms with Gasteiger partial charge in [0, 0.05) is 5.56 Å². The average Bonchev–Trinajstić information content (AvgIpc) is 2.34. The minimum absolute atomic E-state index is 0.336. The lowest BCUT2D eigenvalue weighted by Crippen LogP contribution is -2.31. The van der Waals surface area contributed by atoms with Crippen LogP contribution >= 0.6 is 45.2 Å². The van der Waals surface area contributed by atoms with Crippen LogP contribution in [0.25, 0.3) is 0 Å². The fraction of sp³-hybridized carbons (Fsp3) is 0.417. The molecule has 6 heteroatoms. The highest BCUT2D eigenvalue weighted by molar-refractivity contribution is 14.1. The number of carbonyl (C=O) groups excluding carboxylic acids is 1. The highest BCUT2D eigenvalue weighted by Gasteiger charge is 2.35. The quantitative estimate of drug-likeness (QED) is 0.380. The summed E-state index contributed by atoms with van der Waals surface area (Å²) >= 11 is 3.77. The van der Waals surface area contributed by atoms with E-state index in [0.29, 0.717) is 18.5 Å². The highest BCUT2D eigenvalue weighted by atomic mass is 127. The smallest absolute Gasteiger partial charge is 0.315 e. The number of carbonyl (C=O) groups is 1. The molecule has 0 aliphatic carbocycles. The van der Waals surface area contributed by atoms with Crippen molar-refractivity contribution in [2.75, 3.05) is 14.2 Å². The summed E-state index contributed by atoms with van der Waals surface area (Å²) in [7, 11) is 2.79. The van der Waals surface area contributed by atoms with Gasteiger partial charge >= 0.3 is 5.97 Å². The van der Waals surface area contributed by atoms with Crippen molar-refractivity contribution < 1.29 is 18.7 Å². The predicted octanol–water partition coefficient (Wildman–Crippen LogP) is 3.49. The zero-order valence-corrected chi connectivity index (χ0v) is 14.8. The molecule has 0 aliphatic rings. The van der Waals surface area contributed by atoms with Gasteiger partial charge in [-0.1, -0.05) is 0 Å². The minimum atomic E-state index is -0.895. The van der Waals surface area contributed by atoms with Crippen LogP contribution in [-0.4, -0.2) is 20.2 Å². The molecule has 1 aromatic carbocycles. The molecular formula is C12H13FI2O3. The number of hydrogen-bond acceptors (Lipinski definition) is 3. The van der Waals surface area contributed by atoms with Gasteiger partial charge in [0.05, 0.1) is 26.8 Å². The second-order valence-corrected chi connectivity index (χ2v) is 6.42. The van der Waals surface area contributed by atoms with Crippen LogP contribution < -0.4 is 4.74 Å². The first-order chi connectivity index (χ1) is 8.27. The van der Waals surface area contributed by atoms with Gasteiger partial charge in [-0.25, -0.2) is 4.39 Å². The van der Waals surface area contributed by atoms with Crippen LogP contribution in [0.3, 0.4) is 0 Å². The van der Waals surface area contributed by atoms with Crippen molar-refractivity contribution in [3.63, 3.8) is 0 Å². The normalized spacial score (nSPS) is 11.3. The van der Waals surface area contributed by atoms with E-state index >= 15 is 0 Å². The van der Waals surface area contributed by atoms with E-state index in [1.807, 2.05) is 45.2 Å². The van der Waals surface area contributed by atoms with E-state index in [9.17, 15) is 9.18 Å². The summed E-state index contributed by atoms with van der Waals surface area (Å²) in [6.45, 7) is 3.45. The first-order valence-electron chi connectivity index (χ1n) is 5.07. The van der Waals surface area contributed by atoms with E-state index in [0.717, 1.165) is 0 Å². The minimum Gasteiger partial charge on any atom is -0.495 e. The molecule has 0 saturated carbocycles. The Hall–Kier alpha value is -0.120. The fourth-order valence-corrected chi connectivity index (χ4v) is 3.51. The molecule has 18 heavy (non-hydrogen) atoms. The molecule has 0 bridgehead atoms. The van der Waals surface area contributed by atoms with Gasteiger partial charge in [0.15, 0.2) is 5.82 Å². The second-order valence-electron chi connectivity index (χ2n) is 4.18. The Balaban J connectivity index is 3.54.